The van der Waals surface area contributed by atoms with Gasteiger partial charge in [-0.25, -0.2) is 0 Å². The minimum Gasteiger partial charge on any atom is -0.326 e. The van der Waals surface area contributed by atoms with Crippen molar-refractivity contribution in [2.75, 3.05) is 6.54 Å². The number of hydrogen-bond donors (Lipinski definition) is 1. The second-order valence-corrected chi connectivity index (χ2v) is 1.31. The molecule has 0 rings (SSSR count). The van der Waals surface area contributed by atoms with Crippen LogP contribution < -0.4 is 5.73 Å². The van der Waals surface area contributed by atoms with Gasteiger partial charge in [-0.15, -0.1) is 12.4 Å². The maximum atomic E-state index is 11.3. The minimum absolute atomic E-state index is 0. The molecule has 5 heteroatoms. The van der Waals surface area contributed by atoms with Gasteiger partial charge >= 0.3 is 6.18 Å². The summed E-state index contributed by atoms with van der Waals surface area (Å²) in [6, 6.07) is 0. The fourth-order valence-electron chi connectivity index (χ4n) is 0.116. The van der Waals surface area contributed by atoms with Gasteiger partial charge in [0.1, 0.15) is 0 Å². The van der Waals surface area contributed by atoms with Crippen molar-refractivity contribution in [3.63, 3.8) is 0 Å². The fourth-order valence-corrected chi connectivity index (χ4v) is 0.116. The highest BCUT2D eigenvalue weighted by Crippen LogP contribution is 2.22. The minimum atomic E-state index is -4.31. The summed E-state index contributed by atoms with van der Waals surface area (Å²) in [6.07, 6.45) is -4.31. The monoisotopic (exact) mass is 161 g/mol. The molecule has 56 valence electrons. The average molecular weight is 162 g/mol. The Morgan fingerprint density at radius 1 is 1.44 bits per heavy atom. The van der Waals surface area contributed by atoms with E-state index >= 15 is 0 Å². The number of nitrogens with two attached hydrogens (primary N) is 1. The molecule has 0 bridgehead atoms. The molecule has 0 aliphatic heterocycles. The Morgan fingerprint density at radius 3 is 1.78 bits per heavy atom. The number of rotatable bonds is 1. The van der Waals surface area contributed by atoms with E-state index in [2.05, 4.69) is 12.3 Å². The standard InChI is InChI=1S/C4H6F3N.ClH/c1-3(2-8)4(5,6)7;/h1-2,8H2;1H. The van der Waals surface area contributed by atoms with Crippen molar-refractivity contribution in [3.05, 3.63) is 12.2 Å². The first-order valence-electron chi connectivity index (χ1n) is 1.93. The largest absolute Gasteiger partial charge is 0.413 e. The normalized spacial score (nSPS) is 10.2. The first-order valence-corrected chi connectivity index (χ1v) is 1.93. The zero-order valence-electron chi connectivity index (χ0n) is 4.53. The number of alkyl halides is 3. The van der Waals surface area contributed by atoms with Gasteiger partial charge in [0.05, 0.1) is 0 Å². The van der Waals surface area contributed by atoms with Crippen LogP contribution in [0.3, 0.4) is 0 Å². The number of hydrogen-bond acceptors (Lipinski definition) is 1. The summed E-state index contributed by atoms with van der Waals surface area (Å²) in [6.45, 7) is 2.17. The van der Waals surface area contributed by atoms with Crippen LogP contribution >= 0.6 is 12.4 Å². The molecular formula is C4H7ClF3N. The van der Waals surface area contributed by atoms with Gasteiger partial charge in [0.15, 0.2) is 0 Å². The molecule has 0 aromatic heterocycles. The molecule has 0 radical (unpaired) electrons. The van der Waals surface area contributed by atoms with Crippen LogP contribution in [0.4, 0.5) is 13.2 Å². The number of halogens is 4. The van der Waals surface area contributed by atoms with E-state index in [-0.39, 0.29) is 12.4 Å². The topological polar surface area (TPSA) is 26.0 Å². The predicted molar refractivity (Wildman–Crippen MR) is 31.5 cm³/mol. The maximum Gasteiger partial charge on any atom is 0.413 e. The van der Waals surface area contributed by atoms with Gasteiger partial charge in [-0.2, -0.15) is 13.2 Å². The third-order valence-corrected chi connectivity index (χ3v) is 0.647. The van der Waals surface area contributed by atoms with E-state index in [9.17, 15) is 13.2 Å². The summed E-state index contributed by atoms with van der Waals surface area (Å²) in [7, 11) is 0. The summed E-state index contributed by atoms with van der Waals surface area (Å²) >= 11 is 0. The van der Waals surface area contributed by atoms with Gasteiger partial charge in [0.2, 0.25) is 0 Å². The summed E-state index contributed by atoms with van der Waals surface area (Å²) in [5, 5.41) is 0. The van der Waals surface area contributed by atoms with Crippen LogP contribution in [0, 0.1) is 0 Å². The van der Waals surface area contributed by atoms with Gasteiger partial charge in [0, 0.05) is 12.1 Å². The lowest BCUT2D eigenvalue weighted by atomic mass is 10.3. The lowest BCUT2D eigenvalue weighted by Crippen LogP contribution is -2.18. The summed E-state index contributed by atoms with van der Waals surface area (Å²) < 4.78 is 33.8. The molecule has 9 heavy (non-hydrogen) atoms. The molecule has 0 unspecified atom stereocenters. The molecule has 0 aliphatic rings. The molecule has 0 aromatic rings. The quantitative estimate of drug-likeness (QED) is 0.580. The summed E-state index contributed by atoms with van der Waals surface area (Å²) in [4.78, 5) is 0. The molecule has 0 saturated carbocycles. The Balaban J connectivity index is 0. The molecule has 1 nitrogen and oxygen atoms in total. The second-order valence-electron chi connectivity index (χ2n) is 1.31. The molecule has 0 aromatic carbocycles. The zero-order valence-corrected chi connectivity index (χ0v) is 5.35. The predicted octanol–water partition coefficient (Wildman–Crippen LogP) is 1.49. The Hall–Kier alpha value is -0.220. The molecule has 0 spiro atoms. The van der Waals surface area contributed by atoms with Gasteiger partial charge in [-0.1, -0.05) is 6.58 Å². The lowest BCUT2D eigenvalue weighted by Gasteiger charge is -2.05. The Bertz CT molecular complexity index is 98.5. The molecule has 0 saturated heterocycles. The summed E-state index contributed by atoms with van der Waals surface area (Å²) in [5.41, 5.74) is 3.75. The van der Waals surface area contributed by atoms with Crippen molar-refractivity contribution in [1.82, 2.24) is 0 Å². The highest BCUT2D eigenvalue weighted by Gasteiger charge is 2.30. The first kappa shape index (κ1) is 11.6. The molecule has 0 aliphatic carbocycles. The van der Waals surface area contributed by atoms with E-state index in [0.29, 0.717) is 0 Å². The van der Waals surface area contributed by atoms with E-state index in [1.165, 1.54) is 0 Å². The van der Waals surface area contributed by atoms with Crippen LogP contribution in [-0.4, -0.2) is 12.7 Å². The van der Waals surface area contributed by atoms with Crippen molar-refractivity contribution in [2.24, 2.45) is 5.73 Å². The highest BCUT2D eigenvalue weighted by atomic mass is 35.5. The van der Waals surface area contributed by atoms with E-state index in [1.807, 2.05) is 0 Å². The van der Waals surface area contributed by atoms with Crippen LogP contribution in [0.1, 0.15) is 0 Å². The summed E-state index contributed by atoms with van der Waals surface area (Å²) in [5.74, 6) is 0. The van der Waals surface area contributed by atoms with Gasteiger partial charge < -0.3 is 5.73 Å². The Kier molecular flexibility index (Phi) is 4.80. The molecule has 2 N–H and O–H groups in total. The Labute approximate surface area is 57.1 Å². The SMILES string of the molecule is C=C(CN)C(F)(F)F.Cl. The highest BCUT2D eigenvalue weighted by molar-refractivity contribution is 5.85. The molecular weight excluding hydrogens is 154 g/mol. The van der Waals surface area contributed by atoms with Gasteiger partial charge in [-0.05, 0) is 0 Å². The maximum absolute atomic E-state index is 11.3. The van der Waals surface area contributed by atoms with Crippen molar-refractivity contribution in [1.29, 1.82) is 0 Å². The van der Waals surface area contributed by atoms with Gasteiger partial charge in [0.25, 0.3) is 0 Å². The van der Waals surface area contributed by atoms with Crippen LogP contribution in [-0.2, 0) is 0 Å². The van der Waals surface area contributed by atoms with Crippen molar-refractivity contribution in [2.45, 2.75) is 6.18 Å². The van der Waals surface area contributed by atoms with E-state index in [4.69, 9.17) is 0 Å². The van der Waals surface area contributed by atoms with Gasteiger partial charge in [-0.3, -0.25) is 0 Å². The van der Waals surface area contributed by atoms with Crippen molar-refractivity contribution in [3.8, 4) is 0 Å². The second kappa shape index (κ2) is 3.74. The Morgan fingerprint density at radius 2 is 1.78 bits per heavy atom. The average Bonchev–Trinajstić information content (AvgIpc) is 1.62. The van der Waals surface area contributed by atoms with Crippen LogP contribution in [0.2, 0.25) is 0 Å². The lowest BCUT2D eigenvalue weighted by molar-refractivity contribution is -0.0917. The molecule has 0 fully saturated rings. The molecule has 0 amide bonds. The van der Waals surface area contributed by atoms with Crippen LogP contribution in [0.5, 0.6) is 0 Å². The van der Waals surface area contributed by atoms with Crippen molar-refractivity contribution < 1.29 is 13.2 Å². The smallest absolute Gasteiger partial charge is 0.326 e. The van der Waals surface area contributed by atoms with Crippen molar-refractivity contribution >= 4 is 12.4 Å². The molecule has 0 atom stereocenters. The first-order chi connectivity index (χ1) is 3.48. The zero-order chi connectivity index (χ0) is 6.78. The molecule has 0 heterocycles. The van der Waals surface area contributed by atoms with E-state index < -0.39 is 18.3 Å². The third-order valence-electron chi connectivity index (χ3n) is 0.647. The third kappa shape index (κ3) is 4.29. The van der Waals surface area contributed by atoms with Crippen LogP contribution in [0.15, 0.2) is 12.2 Å². The van der Waals surface area contributed by atoms with Crippen LogP contribution in [0.25, 0.3) is 0 Å². The van der Waals surface area contributed by atoms with E-state index in [1.54, 1.807) is 0 Å². The van der Waals surface area contributed by atoms with E-state index in [0.717, 1.165) is 0 Å². The fraction of sp³-hybridized carbons (Fsp3) is 0.500.